The van der Waals surface area contributed by atoms with Gasteiger partial charge < -0.3 is 14.3 Å². The number of benzene rings is 1. The van der Waals surface area contributed by atoms with Gasteiger partial charge in [0.05, 0.1) is 5.52 Å². The first kappa shape index (κ1) is 14.1. The predicted molar refractivity (Wildman–Crippen MR) is 79.6 cm³/mol. The van der Waals surface area contributed by atoms with E-state index in [1.807, 2.05) is 18.2 Å². The Morgan fingerprint density at radius 3 is 2.95 bits per heavy atom. The monoisotopic (exact) mass is 301 g/mol. The Kier molecular flexibility index (Phi) is 3.78. The standard InChI is InChI=1S/C15H15N3O4/c1-10-9-13(17-22-10)16-14(19)7-4-8-18-11-5-2-3-6-12(11)21-15(18)20/h2-3,5-6,9H,4,7-8H2,1H3,(H,16,17,19). The Bertz CT molecular complexity index is 859. The van der Waals surface area contributed by atoms with Crippen molar-refractivity contribution in [3.05, 3.63) is 46.6 Å². The van der Waals surface area contributed by atoms with Crippen LogP contribution >= 0.6 is 0 Å². The van der Waals surface area contributed by atoms with Gasteiger partial charge >= 0.3 is 5.76 Å². The van der Waals surface area contributed by atoms with Crippen molar-refractivity contribution in [2.45, 2.75) is 26.3 Å². The second kappa shape index (κ2) is 5.88. The van der Waals surface area contributed by atoms with E-state index >= 15 is 0 Å². The summed E-state index contributed by atoms with van der Waals surface area (Å²) in [5.74, 6) is 0.447. The van der Waals surface area contributed by atoms with Crippen LogP contribution in [0.5, 0.6) is 0 Å². The summed E-state index contributed by atoms with van der Waals surface area (Å²) in [7, 11) is 0. The van der Waals surface area contributed by atoms with Crippen molar-refractivity contribution in [3.63, 3.8) is 0 Å². The number of para-hydroxylation sites is 2. The molecule has 1 amide bonds. The van der Waals surface area contributed by atoms with Crippen LogP contribution in [-0.2, 0) is 11.3 Å². The fourth-order valence-corrected chi connectivity index (χ4v) is 2.25. The summed E-state index contributed by atoms with van der Waals surface area (Å²) < 4.78 is 11.5. The second-order valence-electron chi connectivity index (χ2n) is 4.96. The minimum Gasteiger partial charge on any atom is -0.408 e. The van der Waals surface area contributed by atoms with Gasteiger partial charge in [-0.2, -0.15) is 0 Å². The summed E-state index contributed by atoms with van der Waals surface area (Å²) in [6.07, 6.45) is 0.796. The maximum atomic E-state index is 11.8. The maximum Gasteiger partial charge on any atom is 0.419 e. The van der Waals surface area contributed by atoms with Gasteiger partial charge in [-0.25, -0.2) is 4.79 Å². The first-order valence-corrected chi connectivity index (χ1v) is 6.95. The number of carbonyl (C=O) groups is 1. The summed E-state index contributed by atoms with van der Waals surface area (Å²) in [5.41, 5.74) is 1.29. The molecule has 0 spiro atoms. The Hall–Kier alpha value is -2.83. The number of rotatable bonds is 5. The molecular formula is C15H15N3O4. The van der Waals surface area contributed by atoms with Gasteiger partial charge in [0, 0.05) is 19.0 Å². The Morgan fingerprint density at radius 1 is 1.36 bits per heavy atom. The SMILES string of the molecule is Cc1cc(NC(=O)CCCn2c(=O)oc3ccccc32)no1. The highest BCUT2D eigenvalue weighted by Gasteiger charge is 2.10. The van der Waals surface area contributed by atoms with E-state index in [-0.39, 0.29) is 12.3 Å². The first-order chi connectivity index (χ1) is 10.6. The molecule has 0 unspecified atom stereocenters. The van der Waals surface area contributed by atoms with E-state index < -0.39 is 5.76 Å². The summed E-state index contributed by atoms with van der Waals surface area (Å²) in [4.78, 5) is 23.6. The number of aromatic nitrogens is 2. The molecule has 0 atom stereocenters. The van der Waals surface area contributed by atoms with Gasteiger partial charge in [0.1, 0.15) is 5.76 Å². The molecule has 2 heterocycles. The zero-order chi connectivity index (χ0) is 15.5. The summed E-state index contributed by atoms with van der Waals surface area (Å²) >= 11 is 0. The molecule has 22 heavy (non-hydrogen) atoms. The maximum absolute atomic E-state index is 11.8. The smallest absolute Gasteiger partial charge is 0.408 e. The summed E-state index contributed by atoms with van der Waals surface area (Å²) in [6, 6.07) is 8.85. The molecule has 0 aliphatic rings. The van der Waals surface area contributed by atoms with Gasteiger partial charge in [0.15, 0.2) is 11.4 Å². The number of nitrogens with zero attached hydrogens (tertiary/aromatic N) is 2. The number of aryl methyl sites for hydroxylation is 2. The van der Waals surface area contributed by atoms with Crippen LogP contribution in [-0.4, -0.2) is 15.6 Å². The van der Waals surface area contributed by atoms with Crippen molar-refractivity contribution in [2.24, 2.45) is 0 Å². The highest BCUT2D eigenvalue weighted by atomic mass is 16.5. The molecule has 0 aliphatic heterocycles. The molecule has 1 N–H and O–H groups in total. The molecule has 3 rings (SSSR count). The third kappa shape index (κ3) is 2.93. The van der Waals surface area contributed by atoms with E-state index in [0.29, 0.717) is 30.1 Å². The highest BCUT2D eigenvalue weighted by molar-refractivity contribution is 5.89. The second-order valence-corrected chi connectivity index (χ2v) is 4.96. The van der Waals surface area contributed by atoms with E-state index in [0.717, 1.165) is 5.52 Å². The fourth-order valence-electron chi connectivity index (χ4n) is 2.25. The number of anilines is 1. The average molecular weight is 301 g/mol. The molecule has 0 bridgehead atoms. The Balaban J connectivity index is 1.59. The van der Waals surface area contributed by atoms with Crippen LogP contribution in [0.15, 0.2) is 44.1 Å². The van der Waals surface area contributed by atoms with Crippen molar-refractivity contribution >= 4 is 22.8 Å². The molecule has 3 aromatic rings. The number of oxazole rings is 1. The Labute approximate surface area is 125 Å². The molecular weight excluding hydrogens is 286 g/mol. The topological polar surface area (TPSA) is 90.3 Å². The van der Waals surface area contributed by atoms with Crippen molar-refractivity contribution in [1.29, 1.82) is 0 Å². The third-order valence-corrected chi connectivity index (χ3v) is 3.25. The number of amides is 1. The van der Waals surface area contributed by atoms with Crippen molar-refractivity contribution < 1.29 is 13.7 Å². The minimum atomic E-state index is -0.409. The number of hydrogen-bond acceptors (Lipinski definition) is 5. The zero-order valence-corrected chi connectivity index (χ0v) is 12.0. The van der Waals surface area contributed by atoms with Gasteiger partial charge in [-0.3, -0.25) is 9.36 Å². The predicted octanol–water partition coefficient (Wildman–Crippen LogP) is 2.31. The van der Waals surface area contributed by atoms with Crippen LogP contribution in [0.2, 0.25) is 0 Å². The molecule has 7 heteroatoms. The van der Waals surface area contributed by atoms with Crippen molar-refractivity contribution in [2.75, 3.05) is 5.32 Å². The lowest BCUT2D eigenvalue weighted by Crippen LogP contribution is -2.17. The molecule has 0 saturated carbocycles. The van der Waals surface area contributed by atoms with Crippen LogP contribution in [0, 0.1) is 6.92 Å². The zero-order valence-electron chi connectivity index (χ0n) is 12.0. The van der Waals surface area contributed by atoms with Gasteiger partial charge in [-0.1, -0.05) is 17.3 Å². The lowest BCUT2D eigenvalue weighted by Gasteiger charge is -2.02. The van der Waals surface area contributed by atoms with Crippen molar-refractivity contribution in [3.8, 4) is 0 Å². The molecule has 0 aliphatic carbocycles. The van der Waals surface area contributed by atoms with Crippen molar-refractivity contribution in [1.82, 2.24) is 9.72 Å². The molecule has 0 fully saturated rings. The van der Waals surface area contributed by atoms with E-state index in [1.165, 1.54) is 4.57 Å². The highest BCUT2D eigenvalue weighted by Crippen LogP contribution is 2.13. The number of nitrogens with one attached hydrogen (secondary N) is 1. The van der Waals surface area contributed by atoms with Crippen LogP contribution in [0.25, 0.3) is 11.1 Å². The van der Waals surface area contributed by atoms with E-state index in [4.69, 9.17) is 8.94 Å². The van der Waals surface area contributed by atoms with Crippen LogP contribution in [0.3, 0.4) is 0 Å². The average Bonchev–Trinajstić information content (AvgIpc) is 3.03. The van der Waals surface area contributed by atoms with Crippen LogP contribution in [0.1, 0.15) is 18.6 Å². The summed E-state index contributed by atoms with van der Waals surface area (Å²) in [5, 5.41) is 6.33. The van der Waals surface area contributed by atoms with Gasteiger partial charge in [0.25, 0.3) is 0 Å². The van der Waals surface area contributed by atoms with E-state index in [1.54, 1.807) is 19.1 Å². The molecule has 114 valence electrons. The normalized spacial score (nSPS) is 11.0. The lowest BCUT2D eigenvalue weighted by atomic mass is 10.2. The first-order valence-electron chi connectivity index (χ1n) is 6.95. The number of fused-ring (bicyclic) bond motifs is 1. The van der Waals surface area contributed by atoms with Gasteiger partial charge in [-0.05, 0) is 25.5 Å². The fraction of sp³-hybridized carbons (Fsp3) is 0.267. The lowest BCUT2D eigenvalue weighted by molar-refractivity contribution is -0.116. The number of carbonyl (C=O) groups excluding carboxylic acids is 1. The minimum absolute atomic E-state index is 0.172. The van der Waals surface area contributed by atoms with E-state index in [9.17, 15) is 9.59 Å². The van der Waals surface area contributed by atoms with Crippen LogP contribution in [0.4, 0.5) is 5.82 Å². The molecule has 7 nitrogen and oxygen atoms in total. The largest absolute Gasteiger partial charge is 0.419 e. The summed E-state index contributed by atoms with van der Waals surface area (Å²) in [6.45, 7) is 2.17. The van der Waals surface area contributed by atoms with Gasteiger partial charge in [0.2, 0.25) is 5.91 Å². The number of hydrogen-bond donors (Lipinski definition) is 1. The molecule has 1 aromatic carbocycles. The van der Waals surface area contributed by atoms with Gasteiger partial charge in [-0.15, -0.1) is 0 Å². The van der Waals surface area contributed by atoms with E-state index in [2.05, 4.69) is 10.5 Å². The molecule has 2 aromatic heterocycles. The third-order valence-electron chi connectivity index (χ3n) is 3.25. The van der Waals surface area contributed by atoms with Crippen LogP contribution < -0.4 is 11.1 Å². The molecule has 0 radical (unpaired) electrons. The quantitative estimate of drug-likeness (QED) is 0.781. The Morgan fingerprint density at radius 2 is 2.18 bits per heavy atom. The molecule has 0 saturated heterocycles.